The minimum Gasteiger partial charge on any atom is -0.355 e. The zero-order valence-corrected chi connectivity index (χ0v) is 14.7. The number of hydrogen-bond acceptors (Lipinski definition) is 4. The van der Waals surface area contributed by atoms with Crippen LogP contribution in [-0.2, 0) is 4.79 Å². The molecule has 1 saturated carbocycles. The molecule has 0 unspecified atom stereocenters. The summed E-state index contributed by atoms with van der Waals surface area (Å²) < 4.78 is 0. The Bertz CT molecular complexity index is 484. The highest BCUT2D eigenvalue weighted by Gasteiger charge is 2.17. The first kappa shape index (κ1) is 17.9. The van der Waals surface area contributed by atoms with Crippen LogP contribution in [0.3, 0.4) is 0 Å². The van der Waals surface area contributed by atoms with Gasteiger partial charge < -0.3 is 15.5 Å². The monoisotopic (exact) mass is 337 g/mol. The summed E-state index contributed by atoms with van der Waals surface area (Å²) in [5.41, 5.74) is 0.657. The first-order chi connectivity index (χ1) is 11.2. The first-order valence-electron chi connectivity index (χ1n) is 8.44. The van der Waals surface area contributed by atoms with Crippen LogP contribution < -0.4 is 10.6 Å². The summed E-state index contributed by atoms with van der Waals surface area (Å²) in [6, 6.07) is 2.45. The van der Waals surface area contributed by atoms with E-state index in [1.54, 1.807) is 11.4 Å². The van der Waals surface area contributed by atoms with Crippen molar-refractivity contribution in [1.82, 2.24) is 15.5 Å². The molecule has 2 rings (SSSR count). The second kappa shape index (κ2) is 9.67. The van der Waals surface area contributed by atoms with E-state index in [9.17, 15) is 9.59 Å². The van der Waals surface area contributed by atoms with Crippen LogP contribution in [0.2, 0.25) is 0 Å². The molecule has 0 bridgehead atoms. The van der Waals surface area contributed by atoms with Gasteiger partial charge in [-0.2, -0.15) is 11.3 Å². The zero-order valence-electron chi connectivity index (χ0n) is 13.8. The quantitative estimate of drug-likeness (QED) is 0.765. The van der Waals surface area contributed by atoms with Crippen LogP contribution in [0.25, 0.3) is 0 Å². The molecule has 1 aromatic rings. The van der Waals surface area contributed by atoms with Crippen LogP contribution >= 0.6 is 11.3 Å². The zero-order chi connectivity index (χ0) is 16.5. The molecule has 0 saturated heterocycles. The van der Waals surface area contributed by atoms with Gasteiger partial charge in [0.15, 0.2) is 0 Å². The summed E-state index contributed by atoms with van der Waals surface area (Å²) in [5.74, 6) is -0.122. The molecule has 2 amide bonds. The van der Waals surface area contributed by atoms with E-state index in [2.05, 4.69) is 22.6 Å². The summed E-state index contributed by atoms with van der Waals surface area (Å²) in [6.07, 6.45) is 6.88. The summed E-state index contributed by atoms with van der Waals surface area (Å²) in [6.45, 7) is 1.93. The van der Waals surface area contributed by atoms with Crippen molar-refractivity contribution < 1.29 is 9.59 Å². The Labute approximate surface area is 142 Å². The summed E-state index contributed by atoms with van der Waals surface area (Å²) in [7, 11) is 2.14. The molecular weight excluding hydrogens is 310 g/mol. The Hall–Kier alpha value is -1.40. The fourth-order valence-corrected chi connectivity index (χ4v) is 3.59. The van der Waals surface area contributed by atoms with E-state index in [0.29, 0.717) is 31.1 Å². The number of hydrogen-bond donors (Lipinski definition) is 2. The van der Waals surface area contributed by atoms with Gasteiger partial charge in [-0.1, -0.05) is 19.3 Å². The molecule has 1 heterocycles. The molecule has 0 atom stereocenters. The van der Waals surface area contributed by atoms with Gasteiger partial charge in [-0.15, -0.1) is 0 Å². The molecular formula is C17H27N3O2S. The molecule has 0 radical (unpaired) electrons. The van der Waals surface area contributed by atoms with Crippen molar-refractivity contribution in [3.8, 4) is 0 Å². The number of thiophene rings is 1. The van der Waals surface area contributed by atoms with Crippen LogP contribution in [0.5, 0.6) is 0 Å². The lowest BCUT2D eigenvalue weighted by molar-refractivity contribution is -0.121. The number of likely N-dealkylation sites (N-methyl/N-ethyl adjacent to an activating group) is 1. The predicted molar refractivity (Wildman–Crippen MR) is 93.8 cm³/mol. The highest BCUT2D eigenvalue weighted by atomic mass is 32.1. The molecule has 1 aliphatic carbocycles. The molecule has 128 valence electrons. The minimum absolute atomic E-state index is 0.00679. The van der Waals surface area contributed by atoms with Gasteiger partial charge in [-0.05, 0) is 31.3 Å². The van der Waals surface area contributed by atoms with Crippen molar-refractivity contribution in [2.45, 2.75) is 44.6 Å². The Kier molecular flexibility index (Phi) is 7.55. The van der Waals surface area contributed by atoms with Gasteiger partial charge in [0.05, 0.1) is 0 Å². The van der Waals surface area contributed by atoms with Gasteiger partial charge in [-0.3, -0.25) is 9.59 Å². The molecule has 1 aliphatic rings. The average molecular weight is 337 g/mol. The number of carbonyl (C=O) groups excluding carboxylic acids is 2. The lowest BCUT2D eigenvalue weighted by Gasteiger charge is -2.31. The number of carbonyl (C=O) groups is 2. The number of nitrogens with zero attached hydrogens (tertiary/aromatic N) is 1. The SMILES string of the molecule is CN(CCNC(=O)CCNC(=O)c1ccsc1)C1CCCCC1. The van der Waals surface area contributed by atoms with Crippen LogP contribution in [-0.4, -0.2) is 49.4 Å². The topological polar surface area (TPSA) is 61.4 Å². The van der Waals surface area contributed by atoms with Crippen molar-refractivity contribution in [2.75, 3.05) is 26.7 Å². The minimum atomic E-state index is -0.115. The number of nitrogens with one attached hydrogen (secondary N) is 2. The van der Waals surface area contributed by atoms with Crippen molar-refractivity contribution in [3.63, 3.8) is 0 Å². The van der Waals surface area contributed by atoms with Crippen LogP contribution in [0, 0.1) is 0 Å². The van der Waals surface area contributed by atoms with E-state index in [1.807, 2.05) is 5.38 Å². The Morgan fingerprint density at radius 1 is 1.22 bits per heavy atom. The maximum atomic E-state index is 11.8. The molecule has 1 aromatic heterocycles. The molecule has 23 heavy (non-hydrogen) atoms. The second-order valence-electron chi connectivity index (χ2n) is 6.14. The second-order valence-corrected chi connectivity index (χ2v) is 6.92. The van der Waals surface area contributed by atoms with Gasteiger partial charge >= 0.3 is 0 Å². The fourth-order valence-electron chi connectivity index (χ4n) is 2.95. The van der Waals surface area contributed by atoms with Gasteiger partial charge in [0.25, 0.3) is 5.91 Å². The molecule has 0 aliphatic heterocycles. The highest BCUT2D eigenvalue weighted by molar-refractivity contribution is 7.08. The summed E-state index contributed by atoms with van der Waals surface area (Å²) in [5, 5.41) is 9.36. The number of amides is 2. The Balaban J connectivity index is 1.53. The predicted octanol–water partition coefficient (Wildman–Crippen LogP) is 2.25. The third-order valence-electron chi connectivity index (χ3n) is 4.41. The maximum Gasteiger partial charge on any atom is 0.252 e. The van der Waals surface area contributed by atoms with Crippen LogP contribution in [0.1, 0.15) is 48.9 Å². The van der Waals surface area contributed by atoms with Crippen molar-refractivity contribution in [1.29, 1.82) is 0 Å². The van der Waals surface area contributed by atoms with E-state index in [0.717, 1.165) is 6.54 Å². The molecule has 6 heteroatoms. The molecule has 0 spiro atoms. The molecule has 1 fully saturated rings. The Morgan fingerprint density at radius 3 is 2.70 bits per heavy atom. The molecule has 2 N–H and O–H groups in total. The smallest absolute Gasteiger partial charge is 0.252 e. The third-order valence-corrected chi connectivity index (χ3v) is 5.09. The largest absolute Gasteiger partial charge is 0.355 e. The summed E-state index contributed by atoms with van der Waals surface area (Å²) in [4.78, 5) is 25.9. The lowest BCUT2D eigenvalue weighted by atomic mass is 9.94. The average Bonchev–Trinajstić information content (AvgIpc) is 3.10. The van der Waals surface area contributed by atoms with Crippen LogP contribution in [0.15, 0.2) is 16.8 Å². The standard InChI is InChI=1S/C17H27N3O2S/c1-20(15-5-3-2-4-6-15)11-10-18-16(21)7-9-19-17(22)14-8-12-23-13-14/h8,12-13,15H,2-7,9-11H2,1H3,(H,18,21)(H,19,22). The van der Waals surface area contributed by atoms with Crippen molar-refractivity contribution >= 4 is 23.2 Å². The van der Waals surface area contributed by atoms with E-state index in [-0.39, 0.29) is 11.8 Å². The van der Waals surface area contributed by atoms with Crippen molar-refractivity contribution in [2.24, 2.45) is 0 Å². The van der Waals surface area contributed by atoms with Gasteiger partial charge in [0.2, 0.25) is 5.91 Å². The fraction of sp³-hybridized carbons (Fsp3) is 0.647. The molecule has 0 aromatic carbocycles. The lowest BCUT2D eigenvalue weighted by Crippen LogP contribution is -2.40. The third kappa shape index (κ3) is 6.31. The molecule has 5 nitrogen and oxygen atoms in total. The maximum absolute atomic E-state index is 11.8. The van der Waals surface area contributed by atoms with E-state index in [1.165, 1.54) is 43.4 Å². The van der Waals surface area contributed by atoms with Crippen molar-refractivity contribution in [3.05, 3.63) is 22.4 Å². The van der Waals surface area contributed by atoms with Gasteiger partial charge in [-0.25, -0.2) is 0 Å². The van der Waals surface area contributed by atoms with E-state index in [4.69, 9.17) is 0 Å². The van der Waals surface area contributed by atoms with Crippen LogP contribution in [0.4, 0.5) is 0 Å². The normalized spacial score (nSPS) is 15.6. The van der Waals surface area contributed by atoms with E-state index < -0.39 is 0 Å². The Morgan fingerprint density at radius 2 is 2.00 bits per heavy atom. The number of rotatable bonds is 8. The van der Waals surface area contributed by atoms with Gasteiger partial charge in [0.1, 0.15) is 0 Å². The van der Waals surface area contributed by atoms with Gasteiger partial charge in [0, 0.05) is 43.0 Å². The first-order valence-corrected chi connectivity index (χ1v) is 9.38. The van der Waals surface area contributed by atoms with E-state index >= 15 is 0 Å². The highest BCUT2D eigenvalue weighted by Crippen LogP contribution is 2.21. The summed E-state index contributed by atoms with van der Waals surface area (Å²) >= 11 is 1.49.